The highest BCUT2D eigenvalue weighted by atomic mass is 35.5. The molecule has 0 spiro atoms. The highest BCUT2D eigenvalue weighted by Crippen LogP contribution is 1.92. The maximum absolute atomic E-state index is 3.96. The summed E-state index contributed by atoms with van der Waals surface area (Å²) in [5.41, 5.74) is 0. The van der Waals surface area contributed by atoms with Crippen LogP contribution in [0.4, 0.5) is 0 Å². The van der Waals surface area contributed by atoms with Crippen LogP contribution in [0.2, 0.25) is 0 Å². The quantitative estimate of drug-likeness (QED) is 0.449. The van der Waals surface area contributed by atoms with Gasteiger partial charge in [-0.05, 0) is 19.1 Å². The third-order valence-electron chi connectivity index (χ3n) is 0.750. The SMILES string of the molecule is C1=NCCC1.Cl.O. The summed E-state index contributed by atoms with van der Waals surface area (Å²) in [4.78, 5) is 3.96. The number of halogens is 1. The van der Waals surface area contributed by atoms with Gasteiger partial charge in [-0.25, -0.2) is 0 Å². The molecule has 0 aromatic rings. The van der Waals surface area contributed by atoms with Crippen LogP contribution in [0.15, 0.2) is 4.99 Å². The van der Waals surface area contributed by atoms with Crippen LogP contribution >= 0.6 is 12.4 Å². The third kappa shape index (κ3) is 3.76. The average Bonchev–Trinajstić information content (AvgIpc) is 1.76. The van der Waals surface area contributed by atoms with Crippen molar-refractivity contribution in [3.8, 4) is 0 Å². The topological polar surface area (TPSA) is 43.9 Å². The van der Waals surface area contributed by atoms with Crippen molar-refractivity contribution >= 4 is 18.6 Å². The van der Waals surface area contributed by atoms with Gasteiger partial charge in [-0.1, -0.05) is 0 Å². The first-order valence-corrected chi connectivity index (χ1v) is 1.98. The fourth-order valence-corrected chi connectivity index (χ4v) is 0.456. The van der Waals surface area contributed by atoms with Crippen LogP contribution in [-0.2, 0) is 0 Å². The Labute approximate surface area is 49.4 Å². The van der Waals surface area contributed by atoms with Crippen molar-refractivity contribution in [2.75, 3.05) is 6.54 Å². The van der Waals surface area contributed by atoms with Crippen LogP contribution in [0.5, 0.6) is 0 Å². The minimum absolute atomic E-state index is 0. The second kappa shape index (κ2) is 5.92. The second-order valence-electron chi connectivity index (χ2n) is 1.23. The zero-order chi connectivity index (χ0) is 3.54. The van der Waals surface area contributed by atoms with E-state index in [0.29, 0.717) is 0 Å². The largest absolute Gasteiger partial charge is 0.412 e. The molecule has 44 valence electrons. The van der Waals surface area contributed by atoms with E-state index >= 15 is 0 Å². The minimum atomic E-state index is 0. The number of aliphatic imine (C=N–C) groups is 1. The third-order valence-corrected chi connectivity index (χ3v) is 0.750. The Hall–Kier alpha value is -0.0800. The molecule has 1 rings (SSSR count). The number of nitrogens with zero attached hydrogens (tertiary/aromatic N) is 1. The second-order valence-corrected chi connectivity index (χ2v) is 1.23. The van der Waals surface area contributed by atoms with E-state index in [4.69, 9.17) is 0 Å². The van der Waals surface area contributed by atoms with E-state index in [2.05, 4.69) is 4.99 Å². The summed E-state index contributed by atoms with van der Waals surface area (Å²) >= 11 is 0. The van der Waals surface area contributed by atoms with Crippen LogP contribution in [0.1, 0.15) is 12.8 Å². The molecule has 0 aromatic carbocycles. The summed E-state index contributed by atoms with van der Waals surface area (Å²) in [6, 6.07) is 0. The standard InChI is InChI=1S/C4H7N.ClH.H2O/c1-2-4-5-3-1;;/h3H,1-2,4H2;1H;1H2. The van der Waals surface area contributed by atoms with Crippen molar-refractivity contribution in [2.24, 2.45) is 4.99 Å². The van der Waals surface area contributed by atoms with Gasteiger partial charge >= 0.3 is 0 Å². The zero-order valence-corrected chi connectivity index (χ0v) is 4.87. The van der Waals surface area contributed by atoms with Crippen LogP contribution in [0, 0.1) is 0 Å². The van der Waals surface area contributed by atoms with Crippen LogP contribution < -0.4 is 0 Å². The van der Waals surface area contributed by atoms with E-state index in [9.17, 15) is 0 Å². The summed E-state index contributed by atoms with van der Waals surface area (Å²) in [6.07, 6.45) is 4.47. The van der Waals surface area contributed by atoms with Gasteiger partial charge in [0.1, 0.15) is 0 Å². The normalized spacial score (nSPS) is 14.9. The monoisotopic (exact) mass is 123 g/mol. The molecule has 0 bridgehead atoms. The lowest BCUT2D eigenvalue weighted by Crippen LogP contribution is -1.62. The molecule has 0 aliphatic carbocycles. The molecule has 0 aromatic heterocycles. The molecule has 0 atom stereocenters. The average molecular weight is 124 g/mol. The highest BCUT2D eigenvalue weighted by Gasteiger charge is 1.85. The summed E-state index contributed by atoms with van der Waals surface area (Å²) in [5, 5.41) is 0. The molecular formula is C4H10ClNO. The number of hydrogen-bond acceptors (Lipinski definition) is 1. The Bertz CT molecular complexity index is 49.7. The van der Waals surface area contributed by atoms with Crippen molar-refractivity contribution < 1.29 is 5.48 Å². The molecule has 2 N–H and O–H groups in total. The highest BCUT2D eigenvalue weighted by molar-refractivity contribution is 5.85. The van der Waals surface area contributed by atoms with Crippen molar-refractivity contribution in [1.29, 1.82) is 0 Å². The molecule has 1 aliphatic rings. The Morgan fingerprint density at radius 1 is 1.43 bits per heavy atom. The van der Waals surface area contributed by atoms with Crippen LogP contribution in [0.3, 0.4) is 0 Å². The molecule has 3 heteroatoms. The lowest BCUT2D eigenvalue weighted by Gasteiger charge is -1.67. The summed E-state index contributed by atoms with van der Waals surface area (Å²) < 4.78 is 0. The molecule has 1 aliphatic heterocycles. The van der Waals surface area contributed by atoms with E-state index in [1.807, 2.05) is 6.21 Å². The lowest BCUT2D eigenvalue weighted by atomic mass is 10.4. The molecule has 7 heavy (non-hydrogen) atoms. The van der Waals surface area contributed by atoms with Crippen molar-refractivity contribution in [3.63, 3.8) is 0 Å². The Morgan fingerprint density at radius 3 is 2.29 bits per heavy atom. The molecular weight excluding hydrogens is 114 g/mol. The van der Waals surface area contributed by atoms with E-state index in [-0.39, 0.29) is 17.9 Å². The van der Waals surface area contributed by atoms with Crippen molar-refractivity contribution in [3.05, 3.63) is 0 Å². The molecule has 0 saturated heterocycles. The van der Waals surface area contributed by atoms with Crippen molar-refractivity contribution in [1.82, 2.24) is 0 Å². The maximum Gasteiger partial charge on any atom is 0.0388 e. The zero-order valence-electron chi connectivity index (χ0n) is 4.05. The van der Waals surface area contributed by atoms with Gasteiger partial charge in [-0.3, -0.25) is 4.99 Å². The van der Waals surface area contributed by atoms with E-state index in [0.717, 1.165) is 6.54 Å². The first-order chi connectivity index (χ1) is 2.50. The summed E-state index contributed by atoms with van der Waals surface area (Å²) in [5.74, 6) is 0. The Morgan fingerprint density at radius 2 is 2.14 bits per heavy atom. The van der Waals surface area contributed by atoms with E-state index in [1.165, 1.54) is 12.8 Å². The van der Waals surface area contributed by atoms with E-state index in [1.54, 1.807) is 0 Å². The maximum atomic E-state index is 3.96. The first kappa shape index (κ1) is 10.0. The number of hydrogen-bond donors (Lipinski definition) is 0. The van der Waals surface area contributed by atoms with Gasteiger partial charge < -0.3 is 5.48 Å². The summed E-state index contributed by atoms with van der Waals surface area (Å²) in [6.45, 7) is 1.07. The van der Waals surface area contributed by atoms with Gasteiger partial charge in [0.25, 0.3) is 0 Å². The minimum Gasteiger partial charge on any atom is -0.412 e. The van der Waals surface area contributed by atoms with Gasteiger partial charge in [0.2, 0.25) is 0 Å². The van der Waals surface area contributed by atoms with E-state index < -0.39 is 0 Å². The fraction of sp³-hybridized carbons (Fsp3) is 0.750. The van der Waals surface area contributed by atoms with Crippen molar-refractivity contribution in [2.45, 2.75) is 12.8 Å². The van der Waals surface area contributed by atoms with Crippen LogP contribution in [-0.4, -0.2) is 18.2 Å². The predicted octanol–water partition coefficient (Wildman–Crippen LogP) is 0.448. The molecule has 0 saturated carbocycles. The van der Waals surface area contributed by atoms with Gasteiger partial charge in [0, 0.05) is 6.54 Å². The Kier molecular flexibility index (Phi) is 8.47. The molecule has 0 fully saturated rings. The van der Waals surface area contributed by atoms with Gasteiger partial charge in [-0.15, -0.1) is 12.4 Å². The summed E-state index contributed by atoms with van der Waals surface area (Å²) in [7, 11) is 0. The fourth-order valence-electron chi connectivity index (χ4n) is 0.456. The molecule has 0 radical (unpaired) electrons. The first-order valence-electron chi connectivity index (χ1n) is 1.98. The van der Waals surface area contributed by atoms with Gasteiger partial charge in [0.05, 0.1) is 0 Å². The number of rotatable bonds is 0. The van der Waals surface area contributed by atoms with Crippen LogP contribution in [0.25, 0.3) is 0 Å². The van der Waals surface area contributed by atoms with Gasteiger partial charge in [-0.2, -0.15) is 0 Å². The molecule has 0 amide bonds. The Balaban J connectivity index is 0. The smallest absolute Gasteiger partial charge is 0.0388 e. The van der Waals surface area contributed by atoms with Gasteiger partial charge in [0.15, 0.2) is 0 Å². The molecule has 0 unspecified atom stereocenters. The lowest BCUT2D eigenvalue weighted by molar-refractivity contribution is 0.824. The molecule has 2 nitrogen and oxygen atoms in total. The predicted molar refractivity (Wildman–Crippen MR) is 33.5 cm³/mol. The molecule has 1 heterocycles.